The van der Waals surface area contributed by atoms with Gasteiger partial charge in [-0.05, 0) is 136 Å². The van der Waals surface area contributed by atoms with Crippen molar-refractivity contribution in [1.82, 2.24) is 0 Å². The molecule has 3 aromatic rings. The van der Waals surface area contributed by atoms with Crippen LogP contribution in [0.2, 0.25) is 0 Å². The first-order valence-corrected chi connectivity index (χ1v) is 28.6. The van der Waals surface area contributed by atoms with Crippen molar-refractivity contribution in [2.75, 3.05) is 29.5 Å². The van der Waals surface area contributed by atoms with Gasteiger partial charge in [-0.1, -0.05) is 19.9 Å². The monoisotopic (exact) mass is 1050 g/mol. The van der Waals surface area contributed by atoms with Crippen molar-refractivity contribution in [2.45, 2.75) is 98.2 Å². The van der Waals surface area contributed by atoms with Crippen LogP contribution in [-0.2, 0) is 61.4 Å². The summed E-state index contributed by atoms with van der Waals surface area (Å²) in [5.74, 6) is -0.313. The topological polar surface area (TPSA) is 287 Å². The number of ether oxygens (including phenoxy) is 1. The van der Waals surface area contributed by atoms with Crippen molar-refractivity contribution in [1.29, 1.82) is 0 Å². The summed E-state index contributed by atoms with van der Waals surface area (Å²) >= 11 is 0. The van der Waals surface area contributed by atoms with Gasteiger partial charge in [0.05, 0.1) is 31.6 Å². The molecule has 5 N–H and O–H groups in total. The van der Waals surface area contributed by atoms with Crippen molar-refractivity contribution in [2.24, 2.45) is 0 Å². The van der Waals surface area contributed by atoms with Gasteiger partial charge in [-0.25, -0.2) is 0 Å². The Labute approximate surface area is 420 Å². The fourth-order valence-electron chi connectivity index (χ4n) is 8.73. The molecule has 0 aromatic heterocycles. The molecule has 24 heteroatoms. The van der Waals surface area contributed by atoms with E-state index >= 15 is 0 Å². The number of fused-ring (bicyclic) bond motifs is 2. The quantitative estimate of drug-likeness (QED) is 0.0412. The zero-order valence-electron chi connectivity index (χ0n) is 37.0. The summed E-state index contributed by atoms with van der Waals surface area (Å²) in [6, 6.07) is 13.6. The number of rotatable bonds is 18. The number of nitrogens with zero attached hydrogens (tertiary/aromatic N) is 2. The molecular weight excluding hydrogens is 996 g/mol. The number of benzene rings is 3. The zero-order chi connectivity index (χ0) is 49.5. The summed E-state index contributed by atoms with van der Waals surface area (Å²) < 4.78 is 175. The summed E-state index contributed by atoms with van der Waals surface area (Å²) in [7, 11) is -22.1. The van der Waals surface area contributed by atoms with E-state index in [4.69, 9.17) is 4.74 Å². The number of allylic oxidation sites excluding steroid dienone is 7. The van der Waals surface area contributed by atoms with E-state index in [0.29, 0.717) is 82.9 Å². The standard InChI is InChI=1S/C44H52N2O16S5.Na.H/c1-43(2)36-28-34(66(56,57)58)18-20-38(36)45(24-5-7-26-63(47,48)49)40(43)22-12-30-10-9-11-31(42(30)62-32-14-16-33(17-15-32)65(53,54)55)13-23-41-44(3,4)37-29-35(67(59,60)61)19-21-39(37)46(41)25-6-8-27-64(50,51)52;;/h12-23,28-29H,5-11,24-27H2,1-4H3,(H4-,47,48,49,50,51,52,53,54,55,56,57,58,59,60,61);;/p+1. The summed E-state index contributed by atoms with van der Waals surface area (Å²) in [5, 5.41) is 0. The Morgan fingerprint density at radius 1 is 0.632 bits per heavy atom. The van der Waals surface area contributed by atoms with Crippen molar-refractivity contribution < 1.29 is 74.2 Å². The van der Waals surface area contributed by atoms with Crippen LogP contribution in [-0.4, -0.2) is 129 Å². The van der Waals surface area contributed by atoms with Crippen molar-refractivity contribution >= 4 is 97.2 Å². The predicted octanol–water partition coefficient (Wildman–Crippen LogP) is 6.17. The third-order valence-corrected chi connectivity index (χ3v) is 16.3. The van der Waals surface area contributed by atoms with Gasteiger partial charge in [-0.3, -0.25) is 22.8 Å². The first kappa shape index (κ1) is 55.4. The van der Waals surface area contributed by atoms with E-state index in [1.54, 1.807) is 12.1 Å². The molecule has 0 spiro atoms. The first-order chi connectivity index (χ1) is 30.9. The molecule has 2 aliphatic heterocycles. The maximum atomic E-state index is 12.2. The molecular formula is C44H54N2NaO16S5+. The molecule has 0 fully saturated rings. The Morgan fingerprint density at radius 2 is 1.18 bits per heavy atom. The zero-order valence-corrected chi connectivity index (χ0v) is 41.1. The van der Waals surface area contributed by atoms with Crippen LogP contribution in [0.5, 0.6) is 5.75 Å². The van der Waals surface area contributed by atoms with Gasteiger partial charge in [0, 0.05) is 47.5 Å². The molecule has 0 saturated heterocycles. The van der Waals surface area contributed by atoms with Crippen LogP contribution >= 0.6 is 0 Å². The molecule has 3 aliphatic rings. The van der Waals surface area contributed by atoms with Gasteiger partial charge < -0.3 is 9.64 Å². The third-order valence-electron chi connectivity index (χ3n) is 12.1. The summed E-state index contributed by atoms with van der Waals surface area (Å²) in [6.07, 6.45) is 9.85. The number of hydrogen-bond donors (Lipinski definition) is 5. The van der Waals surface area contributed by atoms with Gasteiger partial charge in [0.25, 0.3) is 50.6 Å². The molecule has 0 atom stereocenters. The molecule has 0 amide bonds. The molecule has 68 heavy (non-hydrogen) atoms. The molecule has 18 nitrogen and oxygen atoms in total. The summed E-state index contributed by atoms with van der Waals surface area (Å²) in [5.41, 5.74) is 3.39. The minimum absolute atomic E-state index is 0. The van der Waals surface area contributed by atoms with Gasteiger partial charge >= 0.3 is 29.6 Å². The molecule has 2 heterocycles. The molecule has 0 saturated carbocycles. The van der Waals surface area contributed by atoms with Crippen LogP contribution in [0.3, 0.4) is 0 Å². The second-order valence-electron chi connectivity index (χ2n) is 17.6. The van der Waals surface area contributed by atoms with Crippen LogP contribution in [0.1, 0.15) is 83.8 Å². The molecule has 366 valence electrons. The minimum atomic E-state index is -4.58. The van der Waals surface area contributed by atoms with E-state index in [2.05, 4.69) is 0 Å². The Bertz CT molecular complexity index is 3210. The molecule has 6 rings (SSSR count). The maximum absolute atomic E-state index is 12.2. The van der Waals surface area contributed by atoms with Crippen molar-refractivity contribution in [3.63, 3.8) is 0 Å². The van der Waals surface area contributed by atoms with Crippen molar-refractivity contribution in [3.8, 4) is 5.75 Å². The van der Waals surface area contributed by atoms with E-state index in [0.717, 1.165) is 0 Å². The summed E-state index contributed by atoms with van der Waals surface area (Å²) in [4.78, 5) is 0.938. The molecule has 0 radical (unpaired) electrons. The number of unbranched alkanes of at least 4 members (excludes halogenated alkanes) is 2. The van der Waals surface area contributed by atoms with E-state index in [1.807, 2.05) is 61.5 Å². The number of hydrogen-bond acceptors (Lipinski definition) is 12. The van der Waals surface area contributed by atoms with Gasteiger partial charge in [-0.15, -0.1) is 0 Å². The Balaban J connectivity index is 0.00000864. The molecule has 0 bridgehead atoms. The van der Waals surface area contributed by atoms with Gasteiger partial charge in [0.1, 0.15) is 18.1 Å². The van der Waals surface area contributed by atoms with Crippen LogP contribution in [0.4, 0.5) is 11.4 Å². The second-order valence-corrected chi connectivity index (χ2v) is 25.0. The fourth-order valence-corrected chi connectivity index (χ4v) is 11.4. The SMILES string of the molecule is CC1(C)C(/C=C/C2=C(Oc3ccc(S(=O)(=O)O)cc3)C(=C/C=C3/N(CCCCS(=O)(=O)O)c4ccc(S(=O)(=O)O)cc4C3(C)C)/CCC2)=[N+](CCCCS(=O)(=O)O)c2ccc(S(=O)(=O)O)cc21.[NaH]. The van der Waals surface area contributed by atoms with Gasteiger partial charge in [0.15, 0.2) is 5.71 Å². The predicted molar refractivity (Wildman–Crippen MR) is 257 cm³/mol. The van der Waals surface area contributed by atoms with Crippen LogP contribution in [0, 0.1) is 0 Å². The third kappa shape index (κ3) is 13.0. The van der Waals surface area contributed by atoms with E-state index in [-0.39, 0.29) is 75.9 Å². The Morgan fingerprint density at radius 3 is 1.75 bits per heavy atom. The first-order valence-electron chi connectivity index (χ1n) is 21.0. The fraction of sp³-hybridized carbons (Fsp3) is 0.386. The normalized spacial score (nSPS) is 18.6. The van der Waals surface area contributed by atoms with Gasteiger partial charge in [0.2, 0.25) is 5.69 Å². The van der Waals surface area contributed by atoms with E-state index in [1.165, 1.54) is 48.5 Å². The summed E-state index contributed by atoms with van der Waals surface area (Å²) in [6.45, 7) is 8.02. The molecule has 3 aromatic carbocycles. The van der Waals surface area contributed by atoms with Crippen LogP contribution < -0.4 is 9.64 Å². The van der Waals surface area contributed by atoms with Crippen molar-refractivity contribution in [3.05, 3.63) is 119 Å². The van der Waals surface area contributed by atoms with Gasteiger partial charge in [-0.2, -0.15) is 46.7 Å². The molecule has 0 unspecified atom stereocenters. The second kappa shape index (κ2) is 20.7. The Kier molecular flexibility index (Phi) is 16.8. The van der Waals surface area contributed by atoms with E-state index < -0.39 is 72.9 Å². The number of anilines is 1. The average Bonchev–Trinajstić information content (AvgIpc) is 3.55. The van der Waals surface area contributed by atoms with E-state index in [9.17, 15) is 64.9 Å². The Hall–Kier alpha value is -3.56. The molecule has 1 aliphatic carbocycles. The average molecular weight is 1050 g/mol. The van der Waals surface area contributed by atoms with Crippen LogP contribution in [0.15, 0.2) is 122 Å². The van der Waals surface area contributed by atoms with Crippen LogP contribution in [0.25, 0.3) is 0 Å².